The summed E-state index contributed by atoms with van der Waals surface area (Å²) in [5.41, 5.74) is 6.78. The number of benzene rings is 1. The molecule has 1 fully saturated rings. The van der Waals surface area contributed by atoms with Crippen LogP contribution in [0.5, 0.6) is 0 Å². The van der Waals surface area contributed by atoms with Crippen LogP contribution in [0.15, 0.2) is 34.2 Å². The second kappa shape index (κ2) is 9.72. The maximum Gasteiger partial charge on any atom is 0.243 e. The molecule has 142 valence electrons. The molecule has 3 N–H and O–H groups in total. The quantitative estimate of drug-likeness (QED) is 0.357. The van der Waals surface area contributed by atoms with E-state index in [1.165, 1.54) is 23.6 Å². The van der Waals surface area contributed by atoms with E-state index in [4.69, 9.17) is 5.73 Å². The molecule has 0 saturated heterocycles. The Morgan fingerprint density at radius 2 is 1.92 bits per heavy atom. The van der Waals surface area contributed by atoms with Crippen LogP contribution in [0.2, 0.25) is 0 Å². The van der Waals surface area contributed by atoms with Crippen LogP contribution in [0.3, 0.4) is 0 Å². The smallest absolute Gasteiger partial charge is 0.243 e. The Hall–Kier alpha value is -0.870. The molecule has 0 aromatic heterocycles. The molecule has 0 amide bonds. The Kier molecular flexibility index (Phi) is 8.62. The molecular formula is C17H29IN4O2S. The van der Waals surface area contributed by atoms with Crippen LogP contribution in [0, 0.1) is 5.92 Å². The number of guanidine groups is 1. The summed E-state index contributed by atoms with van der Waals surface area (Å²) in [5.74, 6) is 1.17. The summed E-state index contributed by atoms with van der Waals surface area (Å²) < 4.78 is 26.2. The van der Waals surface area contributed by atoms with Crippen molar-refractivity contribution in [3.8, 4) is 0 Å². The Morgan fingerprint density at radius 3 is 2.40 bits per heavy atom. The maximum atomic E-state index is 12.4. The van der Waals surface area contributed by atoms with E-state index in [2.05, 4.69) is 10.3 Å². The molecule has 2 rings (SSSR count). The molecule has 1 aromatic rings. The lowest BCUT2D eigenvalue weighted by atomic mass is 9.85. The highest BCUT2D eigenvalue weighted by atomic mass is 127. The third-order valence-corrected chi connectivity index (χ3v) is 6.60. The third-order valence-electron chi connectivity index (χ3n) is 4.56. The second-order valence-electron chi connectivity index (χ2n) is 6.64. The van der Waals surface area contributed by atoms with E-state index in [9.17, 15) is 8.42 Å². The fraction of sp³-hybridized carbons (Fsp3) is 0.588. The SMILES string of the molecule is CC(C)N(C)S(=O)(=O)c1ccc(CN=C(N)NCC2CCC2)cc1.I. The standard InChI is InChI=1S/C17H28N4O2S.HI/c1-13(2)21(3)24(22,23)16-9-7-15(8-10-16)12-20-17(18)19-11-14-5-4-6-14;/h7-10,13-14H,4-6,11-12H2,1-3H3,(H3,18,19,20);1H. The van der Waals surface area contributed by atoms with E-state index < -0.39 is 10.0 Å². The van der Waals surface area contributed by atoms with Gasteiger partial charge in [0.2, 0.25) is 10.0 Å². The van der Waals surface area contributed by atoms with Crippen molar-refractivity contribution in [1.29, 1.82) is 0 Å². The summed E-state index contributed by atoms with van der Waals surface area (Å²) in [5, 5.41) is 3.14. The molecule has 1 saturated carbocycles. The molecule has 0 unspecified atom stereocenters. The first-order valence-electron chi connectivity index (χ1n) is 8.41. The molecule has 0 atom stereocenters. The predicted octanol–water partition coefficient (Wildman–Crippen LogP) is 2.54. The number of nitrogens with zero attached hydrogens (tertiary/aromatic N) is 2. The minimum absolute atomic E-state index is 0. The molecule has 1 aromatic carbocycles. The van der Waals surface area contributed by atoms with Gasteiger partial charge in [-0.15, -0.1) is 24.0 Å². The van der Waals surface area contributed by atoms with Gasteiger partial charge in [-0.2, -0.15) is 4.31 Å². The number of hydrogen-bond donors (Lipinski definition) is 2. The van der Waals surface area contributed by atoms with Crippen molar-refractivity contribution in [1.82, 2.24) is 9.62 Å². The highest BCUT2D eigenvalue weighted by molar-refractivity contribution is 14.0. The molecule has 25 heavy (non-hydrogen) atoms. The lowest BCUT2D eigenvalue weighted by Gasteiger charge is -2.25. The number of sulfonamides is 1. The zero-order valence-corrected chi connectivity index (χ0v) is 18.3. The van der Waals surface area contributed by atoms with Gasteiger partial charge in [0, 0.05) is 19.6 Å². The van der Waals surface area contributed by atoms with Crippen molar-refractivity contribution in [3.05, 3.63) is 29.8 Å². The summed E-state index contributed by atoms with van der Waals surface area (Å²) >= 11 is 0. The number of nitrogens with two attached hydrogens (primary N) is 1. The largest absolute Gasteiger partial charge is 0.370 e. The average Bonchev–Trinajstić information content (AvgIpc) is 2.51. The van der Waals surface area contributed by atoms with Crippen LogP contribution in [-0.2, 0) is 16.6 Å². The minimum Gasteiger partial charge on any atom is -0.370 e. The number of aliphatic imine (C=N–C) groups is 1. The van der Waals surface area contributed by atoms with Crippen LogP contribution in [-0.4, -0.2) is 38.3 Å². The van der Waals surface area contributed by atoms with Crippen molar-refractivity contribution < 1.29 is 8.42 Å². The second-order valence-corrected chi connectivity index (χ2v) is 8.64. The van der Waals surface area contributed by atoms with Gasteiger partial charge in [-0.25, -0.2) is 13.4 Å². The van der Waals surface area contributed by atoms with Crippen molar-refractivity contribution in [3.63, 3.8) is 0 Å². The van der Waals surface area contributed by atoms with Gasteiger partial charge < -0.3 is 11.1 Å². The maximum absolute atomic E-state index is 12.4. The van der Waals surface area contributed by atoms with Crippen LogP contribution < -0.4 is 11.1 Å². The Bertz CT molecular complexity index is 670. The van der Waals surface area contributed by atoms with Crippen LogP contribution in [0.4, 0.5) is 0 Å². The van der Waals surface area contributed by atoms with Gasteiger partial charge in [0.15, 0.2) is 5.96 Å². The van der Waals surface area contributed by atoms with E-state index in [1.54, 1.807) is 31.3 Å². The highest BCUT2D eigenvalue weighted by Gasteiger charge is 2.22. The van der Waals surface area contributed by atoms with Gasteiger partial charge in [-0.1, -0.05) is 18.6 Å². The summed E-state index contributed by atoms with van der Waals surface area (Å²) in [6.07, 6.45) is 3.84. The van der Waals surface area contributed by atoms with Gasteiger partial charge in [0.25, 0.3) is 0 Å². The summed E-state index contributed by atoms with van der Waals surface area (Å²) in [6.45, 7) is 5.01. The molecule has 1 aliphatic carbocycles. The van der Waals surface area contributed by atoms with Gasteiger partial charge in [-0.3, -0.25) is 0 Å². The molecule has 0 bridgehead atoms. The molecule has 0 radical (unpaired) electrons. The lowest BCUT2D eigenvalue weighted by molar-refractivity contribution is 0.315. The fourth-order valence-corrected chi connectivity index (χ4v) is 3.76. The predicted molar refractivity (Wildman–Crippen MR) is 113 cm³/mol. The first-order valence-corrected chi connectivity index (χ1v) is 9.85. The zero-order chi connectivity index (χ0) is 17.7. The van der Waals surface area contributed by atoms with Crippen molar-refractivity contribution >= 4 is 40.0 Å². The van der Waals surface area contributed by atoms with Crippen molar-refractivity contribution in [2.45, 2.75) is 50.6 Å². The number of hydrogen-bond acceptors (Lipinski definition) is 3. The van der Waals surface area contributed by atoms with Gasteiger partial charge >= 0.3 is 0 Å². The molecule has 6 nitrogen and oxygen atoms in total. The number of halogens is 1. The Morgan fingerprint density at radius 1 is 1.32 bits per heavy atom. The van der Waals surface area contributed by atoms with Gasteiger partial charge in [-0.05, 0) is 50.3 Å². The fourth-order valence-electron chi connectivity index (χ4n) is 2.39. The number of nitrogens with one attached hydrogen (secondary N) is 1. The van der Waals surface area contributed by atoms with E-state index >= 15 is 0 Å². The molecular weight excluding hydrogens is 451 g/mol. The molecule has 0 aliphatic heterocycles. The number of rotatable bonds is 7. The molecule has 0 heterocycles. The normalized spacial score (nSPS) is 15.8. The summed E-state index contributed by atoms with van der Waals surface area (Å²) in [4.78, 5) is 4.60. The van der Waals surface area contributed by atoms with Crippen LogP contribution >= 0.6 is 24.0 Å². The van der Waals surface area contributed by atoms with Gasteiger partial charge in [0.1, 0.15) is 0 Å². The Balaban J connectivity index is 0.00000312. The van der Waals surface area contributed by atoms with E-state index in [1.807, 2.05) is 13.8 Å². The molecule has 0 spiro atoms. The van der Waals surface area contributed by atoms with E-state index in [0.717, 1.165) is 18.0 Å². The monoisotopic (exact) mass is 480 g/mol. The van der Waals surface area contributed by atoms with Crippen molar-refractivity contribution in [2.24, 2.45) is 16.6 Å². The molecule has 1 aliphatic rings. The molecule has 8 heteroatoms. The van der Waals surface area contributed by atoms with E-state index in [0.29, 0.717) is 17.4 Å². The summed E-state index contributed by atoms with van der Waals surface area (Å²) in [7, 11) is -1.85. The first kappa shape index (κ1) is 22.2. The minimum atomic E-state index is -3.44. The van der Waals surface area contributed by atoms with Crippen LogP contribution in [0.1, 0.15) is 38.7 Å². The average molecular weight is 480 g/mol. The lowest BCUT2D eigenvalue weighted by Crippen LogP contribution is -2.37. The van der Waals surface area contributed by atoms with Crippen molar-refractivity contribution in [2.75, 3.05) is 13.6 Å². The highest BCUT2D eigenvalue weighted by Crippen LogP contribution is 2.25. The first-order chi connectivity index (χ1) is 11.3. The van der Waals surface area contributed by atoms with Gasteiger partial charge in [0.05, 0.1) is 11.4 Å². The Labute approximate surface area is 168 Å². The van der Waals surface area contributed by atoms with E-state index in [-0.39, 0.29) is 30.0 Å². The third kappa shape index (κ3) is 6.10. The summed E-state index contributed by atoms with van der Waals surface area (Å²) in [6, 6.07) is 6.72. The zero-order valence-electron chi connectivity index (χ0n) is 15.1. The topological polar surface area (TPSA) is 87.8 Å². The van der Waals surface area contributed by atoms with Crippen LogP contribution in [0.25, 0.3) is 0 Å².